The van der Waals surface area contributed by atoms with E-state index in [0.29, 0.717) is 17.9 Å². The fourth-order valence-electron chi connectivity index (χ4n) is 2.19. The van der Waals surface area contributed by atoms with Crippen molar-refractivity contribution in [2.45, 2.75) is 19.0 Å². The molecule has 0 aliphatic carbocycles. The van der Waals surface area contributed by atoms with E-state index in [1.165, 1.54) is 7.11 Å². The van der Waals surface area contributed by atoms with Gasteiger partial charge in [0.05, 0.1) is 27.8 Å². The van der Waals surface area contributed by atoms with Gasteiger partial charge in [0.15, 0.2) is 11.5 Å². The summed E-state index contributed by atoms with van der Waals surface area (Å²) in [6.07, 6.45) is 0.318. The molecule has 0 bridgehead atoms. The van der Waals surface area contributed by atoms with E-state index in [4.69, 9.17) is 14.2 Å². The fraction of sp³-hybridized carbons (Fsp3) is 0.462. The molecule has 1 heterocycles. The zero-order chi connectivity index (χ0) is 13.1. The molecule has 1 unspecified atom stereocenters. The van der Waals surface area contributed by atoms with E-state index in [9.17, 15) is 4.79 Å². The van der Waals surface area contributed by atoms with Crippen LogP contribution in [0.25, 0.3) is 0 Å². The van der Waals surface area contributed by atoms with Crippen molar-refractivity contribution in [3.63, 3.8) is 0 Å². The van der Waals surface area contributed by atoms with Crippen LogP contribution in [0.4, 0.5) is 0 Å². The van der Waals surface area contributed by atoms with Gasteiger partial charge in [-0.2, -0.15) is 0 Å². The van der Waals surface area contributed by atoms with E-state index < -0.39 is 0 Å². The van der Waals surface area contributed by atoms with Gasteiger partial charge in [0.2, 0.25) is 0 Å². The molecule has 0 radical (unpaired) electrons. The van der Waals surface area contributed by atoms with Crippen LogP contribution in [-0.4, -0.2) is 27.3 Å². The summed E-state index contributed by atoms with van der Waals surface area (Å²) in [5.41, 5.74) is 2.19. The summed E-state index contributed by atoms with van der Waals surface area (Å²) in [5.74, 6) is 1.15. The maximum Gasteiger partial charge on any atom is 0.307 e. The summed E-state index contributed by atoms with van der Waals surface area (Å²) in [7, 11) is 4.60. The predicted octanol–water partition coefficient (Wildman–Crippen LogP) is 1.41. The van der Waals surface area contributed by atoms with Crippen LogP contribution in [-0.2, 0) is 16.1 Å². The number of hydrogen-bond donors (Lipinski definition) is 1. The zero-order valence-electron chi connectivity index (χ0n) is 10.8. The highest BCUT2D eigenvalue weighted by molar-refractivity contribution is 5.70. The maximum atomic E-state index is 11.3. The molecule has 1 aromatic rings. The van der Waals surface area contributed by atoms with Crippen molar-refractivity contribution in [1.82, 2.24) is 5.32 Å². The van der Waals surface area contributed by atoms with Crippen LogP contribution in [0.2, 0.25) is 0 Å². The first kappa shape index (κ1) is 12.7. The third-order valence-corrected chi connectivity index (χ3v) is 3.16. The molecule has 0 aromatic heterocycles. The molecule has 0 spiro atoms. The van der Waals surface area contributed by atoms with Crippen LogP contribution in [0.5, 0.6) is 11.5 Å². The zero-order valence-corrected chi connectivity index (χ0v) is 10.8. The van der Waals surface area contributed by atoms with Gasteiger partial charge in [-0.25, -0.2) is 0 Å². The van der Waals surface area contributed by atoms with E-state index >= 15 is 0 Å². The molecule has 1 aliphatic rings. The standard InChI is InChI=1S/C13H17NO4/c1-16-11-4-8-7-14-10(6-13(15)18-3)9(8)5-12(11)17-2/h4-5,10,14H,6-7H2,1-3H3. The van der Waals surface area contributed by atoms with Crippen LogP contribution in [0.15, 0.2) is 12.1 Å². The summed E-state index contributed by atoms with van der Waals surface area (Å²) < 4.78 is 15.2. The average molecular weight is 251 g/mol. The SMILES string of the molecule is COC(=O)CC1NCc2cc(OC)c(OC)cc21. The Morgan fingerprint density at radius 1 is 1.28 bits per heavy atom. The first-order valence-corrected chi connectivity index (χ1v) is 5.74. The largest absolute Gasteiger partial charge is 0.493 e. The average Bonchev–Trinajstić information content (AvgIpc) is 2.79. The topological polar surface area (TPSA) is 56.8 Å². The third-order valence-electron chi connectivity index (χ3n) is 3.16. The number of ether oxygens (including phenoxy) is 3. The molecular formula is C13H17NO4. The van der Waals surface area contributed by atoms with Gasteiger partial charge in [0.1, 0.15) is 0 Å². The van der Waals surface area contributed by atoms with E-state index in [1.807, 2.05) is 12.1 Å². The van der Waals surface area contributed by atoms with Crippen molar-refractivity contribution in [3.05, 3.63) is 23.3 Å². The van der Waals surface area contributed by atoms with Crippen molar-refractivity contribution in [2.24, 2.45) is 0 Å². The number of fused-ring (bicyclic) bond motifs is 1. The Morgan fingerprint density at radius 2 is 1.94 bits per heavy atom. The Hall–Kier alpha value is -1.75. The Bertz CT molecular complexity index is 459. The van der Waals surface area contributed by atoms with Crippen LogP contribution in [0, 0.1) is 0 Å². The van der Waals surface area contributed by atoms with E-state index in [-0.39, 0.29) is 12.0 Å². The molecule has 0 amide bonds. The van der Waals surface area contributed by atoms with Crippen molar-refractivity contribution in [2.75, 3.05) is 21.3 Å². The summed E-state index contributed by atoms with van der Waals surface area (Å²) >= 11 is 0. The number of nitrogens with one attached hydrogen (secondary N) is 1. The van der Waals surface area contributed by atoms with Crippen LogP contribution in [0.3, 0.4) is 0 Å². The molecular weight excluding hydrogens is 234 g/mol. The van der Waals surface area contributed by atoms with Gasteiger partial charge in [-0.15, -0.1) is 0 Å². The number of methoxy groups -OCH3 is 3. The lowest BCUT2D eigenvalue weighted by molar-refractivity contribution is -0.141. The Morgan fingerprint density at radius 3 is 2.56 bits per heavy atom. The number of carbonyl (C=O) groups is 1. The minimum absolute atomic E-state index is 0.0211. The lowest BCUT2D eigenvalue weighted by atomic mass is 10.0. The minimum atomic E-state index is -0.227. The van der Waals surface area contributed by atoms with Gasteiger partial charge in [0, 0.05) is 12.6 Å². The maximum absolute atomic E-state index is 11.3. The van der Waals surface area contributed by atoms with Crippen molar-refractivity contribution in [3.8, 4) is 11.5 Å². The molecule has 0 fully saturated rings. The molecule has 5 heteroatoms. The van der Waals surface area contributed by atoms with Gasteiger partial charge < -0.3 is 19.5 Å². The summed E-state index contributed by atoms with van der Waals surface area (Å²) in [6.45, 7) is 0.720. The molecule has 0 saturated carbocycles. The summed E-state index contributed by atoms with van der Waals surface area (Å²) in [5, 5.41) is 3.28. The molecule has 1 N–H and O–H groups in total. The number of benzene rings is 1. The molecule has 1 atom stereocenters. The minimum Gasteiger partial charge on any atom is -0.493 e. The molecule has 1 aromatic carbocycles. The summed E-state index contributed by atoms with van der Waals surface area (Å²) in [4.78, 5) is 11.3. The van der Waals surface area contributed by atoms with Gasteiger partial charge in [-0.1, -0.05) is 0 Å². The molecule has 1 aliphatic heterocycles. The van der Waals surface area contributed by atoms with Crippen LogP contribution < -0.4 is 14.8 Å². The highest BCUT2D eigenvalue weighted by atomic mass is 16.5. The number of hydrogen-bond acceptors (Lipinski definition) is 5. The second kappa shape index (κ2) is 5.27. The van der Waals surface area contributed by atoms with Crippen molar-refractivity contribution >= 4 is 5.97 Å². The number of rotatable bonds is 4. The second-order valence-electron chi connectivity index (χ2n) is 4.12. The highest BCUT2D eigenvalue weighted by Gasteiger charge is 2.26. The van der Waals surface area contributed by atoms with Crippen LogP contribution in [0.1, 0.15) is 23.6 Å². The monoisotopic (exact) mass is 251 g/mol. The Kier molecular flexibility index (Phi) is 3.72. The molecule has 0 saturated heterocycles. The quantitative estimate of drug-likeness (QED) is 0.820. The third kappa shape index (κ3) is 2.26. The van der Waals surface area contributed by atoms with Gasteiger partial charge in [0.25, 0.3) is 0 Å². The van der Waals surface area contributed by atoms with Gasteiger partial charge in [-0.3, -0.25) is 4.79 Å². The number of esters is 1. The van der Waals surface area contributed by atoms with Crippen LogP contribution >= 0.6 is 0 Å². The first-order chi connectivity index (χ1) is 8.69. The smallest absolute Gasteiger partial charge is 0.307 e. The molecule has 98 valence electrons. The lowest BCUT2D eigenvalue weighted by Gasteiger charge is -2.13. The molecule has 18 heavy (non-hydrogen) atoms. The highest BCUT2D eigenvalue weighted by Crippen LogP contribution is 2.37. The van der Waals surface area contributed by atoms with Gasteiger partial charge >= 0.3 is 5.97 Å². The normalized spacial score (nSPS) is 17.2. The predicted molar refractivity (Wildman–Crippen MR) is 65.8 cm³/mol. The fourth-order valence-corrected chi connectivity index (χ4v) is 2.19. The number of carbonyl (C=O) groups excluding carboxylic acids is 1. The Balaban J connectivity index is 2.29. The molecule has 2 rings (SSSR count). The van der Waals surface area contributed by atoms with Crippen molar-refractivity contribution in [1.29, 1.82) is 0 Å². The molecule has 5 nitrogen and oxygen atoms in total. The van der Waals surface area contributed by atoms with E-state index in [0.717, 1.165) is 17.7 Å². The first-order valence-electron chi connectivity index (χ1n) is 5.74. The van der Waals surface area contributed by atoms with E-state index in [2.05, 4.69) is 5.32 Å². The second-order valence-corrected chi connectivity index (χ2v) is 4.12. The van der Waals surface area contributed by atoms with E-state index in [1.54, 1.807) is 14.2 Å². The lowest BCUT2D eigenvalue weighted by Crippen LogP contribution is -2.17. The van der Waals surface area contributed by atoms with Crippen molar-refractivity contribution < 1.29 is 19.0 Å². The summed E-state index contributed by atoms with van der Waals surface area (Å²) in [6, 6.07) is 3.84. The van der Waals surface area contributed by atoms with Gasteiger partial charge in [-0.05, 0) is 23.3 Å². The Labute approximate surface area is 106 Å².